The summed E-state index contributed by atoms with van der Waals surface area (Å²) in [6.45, 7) is 0.383. The molecule has 1 aromatic carbocycles. The van der Waals surface area contributed by atoms with Crippen LogP contribution in [0, 0.1) is 0 Å². The Morgan fingerprint density at radius 1 is 1.33 bits per heavy atom. The molecule has 4 rings (SSSR count). The molecule has 0 aliphatic carbocycles. The average molecular weight is 422 g/mol. The molecule has 158 valence electrons. The standard InChI is InChI=1S/C19H17F3N4O4/c1-18(19(20,21)22)14-10(8-30-18)7-23-15(25-14)16(27)24-11-9-29-13-6-4-3-5-12(13)26(2)17(11)28/h3-7,11H,8-9H2,1-2H3,(H,24,27). The van der Waals surface area contributed by atoms with Crippen LogP contribution in [0.2, 0.25) is 0 Å². The number of alkyl halides is 3. The number of para-hydroxylation sites is 2. The molecule has 11 heteroatoms. The molecular formula is C19H17F3N4O4. The van der Waals surface area contributed by atoms with Crippen LogP contribution in [-0.4, -0.2) is 47.7 Å². The van der Waals surface area contributed by atoms with Gasteiger partial charge in [-0.25, -0.2) is 9.97 Å². The highest BCUT2D eigenvalue weighted by Gasteiger charge is 2.58. The molecule has 2 aliphatic heterocycles. The Hall–Kier alpha value is -3.21. The number of halogens is 3. The number of aromatic nitrogens is 2. The predicted molar refractivity (Wildman–Crippen MR) is 96.8 cm³/mol. The Morgan fingerprint density at radius 3 is 2.80 bits per heavy atom. The lowest BCUT2D eigenvalue weighted by atomic mass is 10.0. The van der Waals surface area contributed by atoms with Gasteiger partial charge in [-0.15, -0.1) is 0 Å². The van der Waals surface area contributed by atoms with Crippen molar-refractivity contribution in [2.75, 3.05) is 18.6 Å². The number of nitrogens with one attached hydrogen (secondary N) is 1. The van der Waals surface area contributed by atoms with E-state index in [1.54, 1.807) is 24.3 Å². The van der Waals surface area contributed by atoms with Crippen molar-refractivity contribution in [2.24, 2.45) is 0 Å². The predicted octanol–water partition coefficient (Wildman–Crippen LogP) is 1.94. The van der Waals surface area contributed by atoms with Crippen LogP contribution in [0.25, 0.3) is 0 Å². The van der Waals surface area contributed by atoms with Crippen LogP contribution in [-0.2, 0) is 21.7 Å². The van der Waals surface area contributed by atoms with Gasteiger partial charge in [0.1, 0.15) is 18.4 Å². The van der Waals surface area contributed by atoms with E-state index < -0.39 is 41.2 Å². The van der Waals surface area contributed by atoms with Crippen molar-refractivity contribution >= 4 is 17.5 Å². The number of carbonyl (C=O) groups is 2. The molecule has 0 spiro atoms. The number of benzene rings is 1. The molecule has 2 aliphatic rings. The van der Waals surface area contributed by atoms with E-state index in [1.807, 2.05) is 0 Å². The lowest BCUT2D eigenvalue weighted by molar-refractivity contribution is -0.273. The third-order valence-electron chi connectivity index (χ3n) is 5.14. The minimum Gasteiger partial charge on any atom is -0.489 e. The van der Waals surface area contributed by atoms with Crippen LogP contribution in [0.3, 0.4) is 0 Å². The molecule has 8 nitrogen and oxygen atoms in total. The summed E-state index contributed by atoms with van der Waals surface area (Å²) in [7, 11) is 1.53. The van der Waals surface area contributed by atoms with E-state index in [4.69, 9.17) is 9.47 Å². The van der Waals surface area contributed by atoms with Gasteiger partial charge in [-0.1, -0.05) is 12.1 Å². The van der Waals surface area contributed by atoms with Crippen molar-refractivity contribution < 1.29 is 32.2 Å². The largest absolute Gasteiger partial charge is 0.489 e. The smallest absolute Gasteiger partial charge is 0.422 e. The second-order valence-electron chi connectivity index (χ2n) is 7.09. The first-order valence-corrected chi connectivity index (χ1v) is 8.99. The van der Waals surface area contributed by atoms with Crippen LogP contribution in [0.4, 0.5) is 18.9 Å². The van der Waals surface area contributed by atoms with Gasteiger partial charge in [0.2, 0.25) is 11.4 Å². The normalized spacial score (nSPS) is 23.3. The molecule has 1 aromatic heterocycles. The van der Waals surface area contributed by atoms with E-state index in [9.17, 15) is 22.8 Å². The van der Waals surface area contributed by atoms with Gasteiger partial charge in [-0.3, -0.25) is 9.59 Å². The first-order chi connectivity index (χ1) is 14.1. The summed E-state index contributed by atoms with van der Waals surface area (Å²) in [6.07, 6.45) is -3.60. The topological polar surface area (TPSA) is 93.7 Å². The summed E-state index contributed by atoms with van der Waals surface area (Å²) in [6, 6.07) is 5.79. The highest BCUT2D eigenvalue weighted by molar-refractivity contribution is 6.02. The number of hydrogen-bond acceptors (Lipinski definition) is 6. The minimum atomic E-state index is -4.72. The fourth-order valence-corrected chi connectivity index (χ4v) is 3.32. The van der Waals surface area contributed by atoms with Crippen molar-refractivity contribution in [3.8, 4) is 5.75 Å². The van der Waals surface area contributed by atoms with Gasteiger partial charge in [0.05, 0.1) is 18.0 Å². The summed E-state index contributed by atoms with van der Waals surface area (Å²) in [5.41, 5.74) is -2.37. The fraction of sp³-hybridized carbons (Fsp3) is 0.368. The van der Waals surface area contributed by atoms with Crippen LogP contribution in [0.5, 0.6) is 5.75 Å². The number of ether oxygens (including phenoxy) is 2. The molecule has 3 heterocycles. The van der Waals surface area contributed by atoms with Crippen LogP contribution >= 0.6 is 0 Å². The van der Waals surface area contributed by atoms with Gasteiger partial charge in [0, 0.05) is 18.8 Å². The Morgan fingerprint density at radius 2 is 2.07 bits per heavy atom. The first kappa shape index (κ1) is 20.1. The van der Waals surface area contributed by atoms with Crippen molar-refractivity contribution in [1.29, 1.82) is 0 Å². The Bertz CT molecular complexity index is 1030. The Kier molecular flexibility index (Phi) is 4.64. The van der Waals surface area contributed by atoms with Gasteiger partial charge in [0.15, 0.2) is 0 Å². The van der Waals surface area contributed by atoms with E-state index in [0.717, 1.165) is 13.1 Å². The van der Waals surface area contributed by atoms with Crippen molar-refractivity contribution in [3.63, 3.8) is 0 Å². The number of hydrogen-bond donors (Lipinski definition) is 1. The summed E-state index contributed by atoms with van der Waals surface area (Å²) >= 11 is 0. The molecule has 0 fully saturated rings. The molecule has 0 saturated heterocycles. The van der Waals surface area contributed by atoms with Crippen molar-refractivity contribution in [3.05, 3.63) is 47.5 Å². The third kappa shape index (κ3) is 3.15. The molecule has 0 bridgehead atoms. The molecule has 2 amide bonds. The van der Waals surface area contributed by atoms with Crippen LogP contribution in [0.15, 0.2) is 30.5 Å². The highest BCUT2D eigenvalue weighted by atomic mass is 19.4. The second-order valence-corrected chi connectivity index (χ2v) is 7.09. The zero-order valence-electron chi connectivity index (χ0n) is 16.0. The van der Waals surface area contributed by atoms with Crippen LogP contribution in [0.1, 0.15) is 28.8 Å². The zero-order valence-corrected chi connectivity index (χ0v) is 16.0. The Balaban J connectivity index is 1.57. The molecule has 2 unspecified atom stereocenters. The van der Waals surface area contributed by atoms with Crippen molar-refractivity contribution in [2.45, 2.75) is 31.3 Å². The molecule has 2 aromatic rings. The molecular weight excluding hydrogens is 405 g/mol. The number of amides is 2. The zero-order chi connectivity index (χ0) is 21.7. The van der Waals surface area contributed by atoms with E-state index in [2.05, 4.69) is 15.3 Å². The molecule has 30 heavy (non-hydrogen) atoms. The summed E-state index contributed by atoms with van der Waals surface area (Å²) in [5, 5.41) is 2.45. The number of carbonyl (C=O) groups excluding carboxylic acids is 2. The number of likely N-dealkylation sites (N-methyl/N-ethyl adjacent to an activating group) is 1. The minimum absolute atomic E-state index is 0.149. The monoisotopic (exact) mass is 422 g/mol. The third-order valence-corrected chi connectivity index (χ3v) is 5.14. The van der Waals surface area contributed by atoms with Crippen molar-refractivity contribution in [1.82, 2.24) is 15.3 Å². The summed E-state index contributed by atoms with van der Waals surface area (Å²) in [5.74, 6) is -1.36. The van der Waals surface area contributed by atoms with Gasteiger partial charge in [-0.2, -0.15) is 13.2 Å². The fourth-order valence-electron chi connectivity index (χ4n) is 3.32. The maximum absolute atomic E-state index is 13.4. The van der Waals surface area contributed by atoms with E-state index in [0.29, 0.717) is 11.4 Å². The maximum atomic E-state index is 13.4. The molecule has 0 radical (unpaired) electrons. The average Bonchev–Trinajstić information content (AvgIpc) is 3.02. The Labute approximate surface area is 169 Å². The quantitative estimate of drug-likeness (QED) is 0.795. The molecule has 2 atom stereocenters. The van der Waals surface area contributed by atoms with Gasteiger partial charge < -0.3 is 19.7 Å². The van der Waals surface area contributed by atoms with Gasteiger partial charge in [0.25, 0.3) is 11.8 Å². The highest BCUT2D eigenvalue weighted by Crippen LogP contribution is 2.46. The number of anilines is 1. The van der Waals surface area contributed by atoms with E-state index >= 15 is 0 Å². The second kappa shape index (κ2) is 6.94. The first-order valence-electron chi connectivity index (χ1n) is 8.99. The lowest BCUT2D eigenvalue weighted by Gasteiger charge is -2.26. The lowest BCUT2D eigenvalue weighted by Crippen LogP contribution is -2.49. The van der Waals surface area contributed by atoms with Gasteiger partial charge >= 0.3 is 6.18 Å². The SMILES string of the molecule is CN1C(=O)C(NC(=O)c2ncc3c(n2)C(C)(C(F)(F)F)OC3)COc2ccccc21. The maximum Gasteiger partial charge on any atom is 0.422 e. The summed E-state index contributed by atoms with van der Waals surface area (Å²) < 4.78 is 50.8. The van der Waals surface area contributed by atoms with E-state index in [-0.39, 0.29) is 18.8 Å². The molecule has 0 saturated carbocycles. The number of rotatable bonds is 2. The number of fused-ring (bicyclic) bond motifs is 2. The van der Waals surface area contributed by atoms with Gasteiger partial charge in [-0.05, 0) is 19.1 Å². The molecule has 1 N–H and O–H groups in total. The van der Waals surface area contributed by atoms with Crippen LogP contribution < -0.4 is 15.0 Å². The van der Waals surface area contributed by atoms with E-state index in [1.165, 1.54) is 11.9 Å². The number of nitrogens with zero attached hydrogens (tertiary/aromatic N) is 3. The summed E-state index contributed by atoms with van der Waals surface area (Å²) in [4.78, 5) is 34.3.